The van der Waals surface area contributed by atoms with Gasteiger partial charge >= 0.3 is 7.12 Å². The molecule has 35 heavy (non-hydrogen) atoms. The van der Waals surface area contributed by atoms with Gasteiger partial charge < -0.3 is 19.5 Å². The van der Waals surface area contributed by atoms with Gasteiger partial charge in [0, 0.05) is 24.3 Å². The van der Waals surface area contributed by atoms with Crippen molar-refractivity contribution >= 4 is 24.2 Å². The van der Waals surface area contributed by atoms with Crippen LogP contribution in [0.2, 0.25) is 0 Å². The Balaban J connectivity index is 1.30. The molecule has 6 rings (SSSR count). The zero-order valence-corrected chi connectivity index (χ0v) is 22.2. The highest BCUT2D eigenvalue weighted by atomic mass is 16.7. The summed E-state index contributed by atoms with van der Waals surface area (Å²) < 4.78 is 12.7. The van der Waals surface area contributed by atoms with Gasteiger partial charge in [-0.1, -0.05) is 19.1 Å². The van der Waals surface area contributed by atoms with Crippen LogP contribution in [0.1, 0.15) is 78.7 Å². The first-order valence-electron chi connectivity index (χ1n) is 13.9. The number of hydrogen-bond donors (Lipinski definition) is 1. The van der Waals surface area contributed by atoms with Crippen LogP contribution in [0, 0.1) is 5.92 Å². The summed E-state index contributed by atoms with van der Waals surface area (Å²) in [6.07, 6.45) is 6.60. The second kappa shape index (κ2) is 8.30. The molecular weight excluding hydrogens is 437 g/mol. The standard InChI is InChI=1S/C28H42BN3O3/c1-19-7-6-14-31(18-19)21-16-22(17-21)32-24-15-20(29-34-26(2,3)27(4,5)35-29)8-9-23(24)28(25(32)33)10-12-30-13-11-28/h8-9,15,19,21-22,30H,6-7,10-14,16-18H2,1-5H3/t19-,21-,22+/m1/s1. The summed E-state index contributed by atoms with van der Waals surface area (Å²) >= 11 is 0. The van der Waals surface area contributed by atoms with Gasteiger partial charge in [0.15, 0.2) is 0 Å². The summed E-state index contributed by atoms with van der Waals surface area (Å²) in [4.78, 5) is 19.1. The van der Waals surface area contributed by atoms with E-state index in [2.05, 4.69) is 67.9 Å². The molecule has 7 heteroatoms. The Morgan fingerprint density at radius 1 is 1.03 bits per heavy atom. The van der Waals surface area contributed by atoms with Crippen LogP contribution in [0.5, 0.6) is 0 Å². The summed E-state index contributed by atoms with van der Waals surface area (Å²) in [5, 5.41) is 3.47. The Morgan fingerprint density at radius 3 is 2.37 bits per heavy atom. The van der Waals surface area contributed by atoms with Gasteiger partial charge in [-0.3, -0.25) is 9.69 Å². The second-order valence-electron chi connectivity index (χ2n) is 12.9. The third-order valence-electron chi connectivity index (χ3n) is 10.1. The Morgan fingerprint density at radius 2 is 1.71 bits per heavy atom. The molecule has 0 aromatic heterocycles. The lowest BCUT2D eigenvalue weighted by molar-refractivity contribution is -0.125. The van der Waals surface area contributed by atoms with Crippen molar-refractivity contribution in [3.05, 3.63) is 23.8 Å². The van der Waals surface area contributed by atoms with Crippen molar-refractivity contribution in [1.29, 1.82) is 0 Å². The van der Waals surface area contributed by atoms with E-state index >= 15 is 0 Å². The summed E-state index contributed by atoms with van der Waals surface area (Å²) in [5.41, 5.74) is 2.22. The number of amides is 1. The van der Waals surface area contributed by atoms with Crippen molar-refractivity contribution < 1.29 is 14.1 Å². The Bertz CT molecular complexity index is 983. The second-order valence-corrected chi connectivity index (χ2v) is 12.9. The molecule has 6 nitrogen and oxygen atoms in total. The number of piperidine rings is 2. The highest BCUT2D eigenvalue weighted by Crippen LogP contribution is 2.50. The molecule has 1 saturated carbocycles. The van der Waals surface area contributed by atoms with E-state index in [-0.39, 0.29) is 16.6 Å². The zero-order chi connectivity index (χ0) is 24.6. The Hall–Kier alpha value is -1.41. The lowest BCUT2D eigenvalue weighted by atomic mass is 9.72. The number of nitrogens with one attached hydrogen (secondary N) is 1. The van der Waals surface area contributed by atoms with Crippen molar-refractivity contribution in [3.63, 3.8) is 0 Å². The summed E-state index contributed by atoms with van der Waals surface area (Å²) in [6.45, 7) is 15.0. The highest BCUT2D eigenvalue weighted by Gasteiger charge is 2.56. The molecule has 1 aromatic rings. The fourth-order valence-corrected chi connectivity index (χ4v) is 7.06. The minimum Gasteiger partial charge on any atom is -0.399 e. The fourth-order valence-electron chi connectivity index (χ4n) is 7.06. The van der Waals surface area contributed by atoms with E-state index in [0.29, 0.717) is 18.0 Å². The van der Waals surface area contributed by atoms with Gasteiger partial charge in [0.25, 0.3) is 0 Å². The average Bonchev–Trinajstić information content (AvgIpc) is 3.14. The quantitative estimate of drug-likeness (QED) is 0.675. The van der Waals surface area contributed by atoms with Gasteiger partial charge in [0.05, 0.1) is 16.6 Å². The van der Waals surface area contributed by atoms with Gasteiger partial charge in [0.2, 0.25) is 5.91 Å². The van der Waals surface area contributed by atoms with Crippen LogP contribution in [-0.4, -0.2) is 67.4 Å². The number of likely N-dealkylation sites (tertiary alicyclic amines) is 1. The SMILES string of the molecule is C[C@@H]1CCCN([C@H]2C[C@@H](N3C(=O)C4(CCNCC4)c4ccc(B5OC(C)(C)C(C)(C)O5)cc43)C2)C1. The fraction of sp³-hybridized carbons (Fsp3) is 0.750. The molecule has 4 fully saturated rings. The molecular formula is C28H42BN3O3. The molecule has 0 radical (unpaired) electrons. The van der Waals surface area contributed by atoms with Gasteiger partial charge in [-0.15, -0.1) is 0 Å². The monoisotopic (exact) mass is 479 g/mol. The number of hydrogen-bond acceptors (Lipinski definition) is 5. The highest BCUT2D eigenvalue weighted by molar-refractivity contribution is 6.62. The number of carbonyl (C=O) groups is 1. The molecule has 3 saturated heterocycles. The molecule has 1 aromatic carbocycles. The third-order valence-corrected chi connectivity index (χ3v) is 10.1. The van der Waals surface area contributed by atoms with Gasteiger partial charge in [-0.25, -0.2) is 0 Å². The third kappa shape index (κ3) is 3.72. The van der Waals surface area contributed by atoms with E-state index < -0.39 is 7.12 Å². The average molecular weight is 479 g/mol. The number of carbonyl (C=O) groups excluding carboxylic acids is 1. The van der Waals surface area contributed by atoms with Crippen molar-refractivity contribution in [2.24, 2.45) is 5.92 Å². The van der Waals surface area contributed by atoms with E-state index in [1.165, 1.54) is 31.5 Å². The molecule has 1 spiro atoms. The van der Waals surface area contributed by atoms with Crippen molar-refractivity contribution in [1.82, 2.24) is 10.2 Å². The smallest absolute Gasteiger partial charge is 0.399 e. The van der Waals surface area contributed by atoms with Gasteiger partial charge in [0.1, 0.15) is 0 Å². The topological polar surface area (TPSA) is 54.0 Å². The van der Waals surface area contributed by atoms with Crippen LogP contribution in [0.4, 0.5) is 5.69 Å². The predicted octanol–water partition coefficient (Wildman–Crippen LogP) is 3.22. The van der Waals surface area contributed by atoms with Crippen molar-refractivity contribution in [3.8, 4) is 0 Å². The molecule has 1 amide bonds. The molecule has 1 aliphatic carbocycles. The van der Waals surface area contributed by atoms with E-state index in [0.717, 1.165) is 55.8 Å². The number of fused-ring (bicyclic) bond motifs is 2. The first-order valence-corrected chi connectivity index (χ1v) is 13.9. The normalized spacial score (nSPS) is 33.7. The number of nitrogens with zero attached hydrogens (tertiary/aromatic N) is 2. The van der Waals surface area contributed by atoms with Crippen LogP contribution in [0.3, 0.4) is 0 Å². The molecule has 4 heterocycles. The maximum Gasteiger partial charge on any atom is 0.494 e. The number of rotatable bonds is 3. The molecule has 5 aliphatic rings. The van der Waals surface area contributed by atoms with Gasteiger partial charge in [-0.2, -0.15) is 0 Å². The molecule has 4 aliphatic heterocycles. The summed E-state index contributed by atoms with van der Waals surface area (Å²) in [6, 6.07) is 7.48. The largest absolute Gasteiger partial charge is 0.494 e. The minimum absolute atomic E-state index is 0.297. The summed E-state index contributed by atoms with van der Waals surface area (Å²) in [7, 11) is -0.407. The molecule has 190 valence electrons. The van der Waals surface area contributed by atoms with Crippen LogP contribution in [-0.2, 0) is 19.5 Å². The van der Waals surface area contributed by atoms with Gasteiger partial charge in [-0.05, 0) is 109 Å². The van der Waals surface area contributed by atoms with Crippen LogP contribution < -0.4 is 15.7 Å². The van der Waals surface area contributed by atoms with Crippen molar-refractivity contribution in [2.75, 3.05) is 31.1 Å². The first-order chi connectivity index (χ1) is 16.6. The molecule has 1 atom stereocenters. The Kier molecular flexibility index (Phi) is 5.69. The van der Waals surface area contributed by atoms with E-state index in [4.69, 9.17) is 9.31 Å². The Labute approximate surface area is 211 Å². The number of benzene rings is 1. The van der Waals surface area contributed by atoms with E-state index in [1.807, 2.05) is 0 Å². The lowest BCUT2D eigenvalue weighted by Crippen LogP contribution is -2.58. The molecule has 1 N–H and O–H groups in total. The lowest BCUT2D eigenvalue weighted by Gasteiger charge is -2.49. The molecule has 0 bridgehead atoms. The maximum absolute atomic E-state index is 14.2. The van der Waals surface area contributed by atoms with E-state index in [1.54, 1.807) is 0 Å². The van der Waals surface area contributed by atoms with Crippen LogP contribution in [0.25, 0.3) is 0 Å². The van der Waals surface area contributed by atoms with E-state index in [9.17, 15) is 4.79 Å². The predicted molar refractivity (Wildman–Crippen MR) is 140 cm³/mol. The molecule has 0 unspecified atom stereocenters. The van der Waals surface area contributed by atoms with Crippen LogP contribution in [0.15, 0.2) is 18.2 Å². The first kappa shape index (κ1) is 24.0. The number of anilines is 1. The van der Waals surface area contributed by atoms with Crippen molar-refractivity contribution in [2.45, 2.75) is 102 Å². The maximum atomic E-state index is 14.2. The minimum atomic E-state index is -0.407. The summed E-state index contributed by atoms with van der Waals surface area (Å²) in [5.74, 6) is 1.12. The zero-order valence-electron chi connectivity index (χ0n) is 22.2. The van der Waals surface area contributed by atoms with Crippen LogP contribution >= 0.6 is 0 Å².